The molecule has 122 valence electrons. The van der Waals surface area contributed by atoms with Crippen LogP contribution in [0.15, 0.2) is 48.7 Å². The van der Waals surface area contributed by atoms with Crippen molar-refractivity contribution in [2.45, 2.75) is 13.8 Å². The van der Waals surface area contributed by atoms with E-state index in [9.17, 15) is 9.59 Å². The summed E-state index contributed by atoms with van der Waals surface area (Å²) in [5.74, 6) is 0.213. The van der Waals surface area contributed by atoms with Gasteiger partial charge in [0.15, 0.2) is 0 Å². The van der Waals surface area contributed by atoms with E-state index in [4.69, 9.17) is 4.74 Å². The van der Waals surface area contributed by atoms with Crippen LogP contribution in [0.1, 0.15) is 27.6 Å². The molecule has 24 heavy (non-hydrogen) atoms. The maximum atomic E-state index is 12.7. The first-order chi connectivity index (χ1) is 11.5. The Kier molecular flexibility index (Phi) is 4.08. The molecular weight excluding hydrogens is 304 g/mol. The number of carbonyl (C=O) groups is 2. The maximum absolute atomic E-state index is 12.7. The number of amides is 1. The van der Waals surface area contributed by atoms with Gasteiger partial charge in [0.25, 0.3) is 5.91 Å². The molecule has 0 radical (unpaired) electrons. The molecule has 0 spiro atoms. The summed E-state index contributed by atoms with van der Waals surface area (Å²) in [6.07, 6.45) is 1.57. The van der Waals surface area contributed by atoms with Crippen molar-refractivity contribution in [1.29, 1.82) is 0 Å². The van der Waals surface area contributed by atoms with Crippen LogP contribution >= 0.6 is 0 Å². The molecule has 0 aliphatic rings. The number of carbonyl (C=O) groups excluding carboxylic acids is 2. The Bertz CT molecular complexity index is 924. The molecule has 1 N–H and O–H groups in total. The summed E-state index contributed by atoms with van der Waals surface area (Å²) < 4.78 is 6.70. The van der Waals surface area contributed by atoms with Crippen molar-refractivity contribution in [1.82, 2.24) is 4.57 Å². The van der Waals surface area contributed by atoms with E-state index < -0.39 is 0 Å². The molecule has 0 atom stereocenters. The van der Waals surface area contributed by atoms with Crippen molar-refractivity contribution in [2.24, 2.45) is 0 Å². The molecule has 0 fully saturated rings. The van der Waals surface area contributed by atoms with Crippen molar-refractivity contribution in [3.63, 3.8) is 0 Å². The van der Waals surface area contributed by atoms with Crippen LogP contribution in [0.5, 0.6) is 5.75 Å². The van der Waals surface area contributed by atoms with Crippen molar-refractivity contribution in [3.05, 3.63) is 59.8 Å². The maximum Gasteiger partial charge on any atom is 0.257 e. The quantitative estimate of drug-likeness (QED) is 0.796. The van der Waals surface area contributed by atoms with Gasteiger partial charge in [0, 0.05) is 24.2 Å². The van der Waals surface area contributed by atoms with Gasteiger partial charge in [-0.15, -0.1) is 0 Å². The number of hydrogen-bond acceptors (Lipinski definition) is 3. The first-order valence-corrected chi connectivity index (χ1v) is 7.57. The first kappa shape index (κ1) is 15.8. The van der Waals surface area contributed by atoms with E-state index in [1.807, 2.05) is 31.2 Å². The number of fused-ring (bicyclic) bond motifs is 1. The number of ether oxygens (including phenoxy) is 1. The van der Waals surface area contributed by atoms with Gasteiger partial charge in [0.1, 0.15) is 5.75 Å². The van der Waals surface area contributed by atoms with Gasteiger partial charge in [-0.3, -0.25) is 14.2 Å². The van der Waals surface area contributed by atoms with E-state index in [0.29, 0.717) is 27.9 Å². The number of benzene rings is 2. The number of rotatable bonds is 3. The lowest BCUT2D eigenvalue weighted by Gasteiger charge is -2.05. The van der Waals surface area contributed by atoms with Crippen molar-refractivity contribution in [2.75, 3.05) is 12.4 Å². The van der Waals surface area contributed by atoms with Crippen LogP contribution in [0.25, 0.3) is 10.9 Å². The minimum absolute atomic E-state index is 0.153. The van der Waals surface area contributed by atoms with Gasteiger partial charge in [-0.05, 0) is 37.3 Å². The zero-order chi connectivity index (χ0) is 17.3. The Hall–Kier alpha value is -3.08. The monoisotopic (exact) mass is 322 g/mol. The number of aryl methyl sites for hydroxylation is 1. The Morgan fingerprint density at radius 2 is 1.79 bits per heavy atom. The summed E-state index contributed by atoms with van der Waals surface area (Å²) >= 11 is 0. The van der Waals surface area contributed by atoms with E-state index in [2.05, 4.69) is 5.32 Å². The lowest BCUT2D eigenvalue weighted by Crippen LogP contribution is -2.11. The fraction of sp³-hybridized carbons (Fsp3) is 0.158. The van der Waals surface area contributed by atoms with Gasteiger partial charge in [-0.25, -0.2) is 0 Å². The molecule has 0 unspecified atom stereocenters. The normalized spacial score (nSPS) is 10.6. The highest BCUT2D eigenvalue weighted by atomic mass is 16.5. The molecular formula is C19H18N2O3. The topological polar surface area (TPSA) is 60.3 Å². The summed E-state index contributed by atoms with van der Waals surface area (Å²) in [6, 6.07) is 12.9. The zero-order valence-corrected chi connectivity index (χ0v) is 13.8. The van der Waals surface area contributed by atoms with Gasteiger partial charge in [0.2, 0.25) is 5.91 Å². The van der Waals surface area contributed by atoms with Crippen LogP contribution in [-0.4, -0.2) is 23.5 Å². The molecule has 0 bridgehead atoms. The van der Waals surface area contributed by atoms with E-state index in [-0.39, 0.29) is 11.8 Å². The Balaban J connectivity index is 2.05. The highest BCUT2D eigenvalue weighted by Crippen LogP contribution is 2.27. The zero-order valence-electron chi connectivity index (χ0n) is 13.8. The standard InChI is InChI=1S/C19H18N2O3/c1-12-4-6-14(7-5-12)20-19(23)17-11-21(13(2)22)18-9-8-15(24-3)10-16(17)18/h4-11H,1-3H3,(H,20,23). The molecule has 2 aromatic carbocycles. The molecule has 0 saturated heterocycles. The van der Waals surface area contributed by atoms with Gasteiger partial charge >= 0.3 is 0 Å². The third-order valence-electron chi connectivity index (χ3n) is 3.90. The average Bonchev–Trinajstić information content (AvgIpc) is 2.96. The number of methoxy groups -OCH3 is 1. The summed E-state index contributed by atoms with van der Waals surface area (Å²) in [5.41, 5.74) is 2.93. The molecule has 0 saturated carbocycles. The minimum Gasteiger partial charge on any atom is -0.497 e. The van der Waals surface area contributed by atoms with Gasteiger partial charge in [-0.2, -0.15) is 0 Å². The van der Waals surface area contributed by atoms with Gasteiger partial charge < -0.3 is 10.1 Å². The third-order valence-corrected chi connectivity index (χ3v) is 3.90. The van der Waals surface area contributed by atoms with Crippen LogP contribution in [0.2, 0.25) is 0 Å². The minimum atomic E-state index is -0.267. The number of hydrogen-bond donors (Lipinski definition) is 1. The van der Waals surface area contributed by atoms with Gasteiger partial charge in [0.05, 0.1) is 18.2 Å². The summed E-state index contributed by atoms with van der Waals surface area (Å²) in [6.45, 7) is 3.45. The summed E-state index contributed by atoms with van der Waals surface area (Å²) in [4.78, 5) is 24.5. The van der Waals surface area contributed by atoms with Crippen LogP contribution in [0, 0.1) is 6.92 Å². The highest BCUT2D eigenvalue weighted by Gasteiger charge is 2.17. The third kappa shape index (κ3) is 2.88. The lowest BCUT2D eigenvalue weighted by molar-refractivity contribution is 0.0941. The fourth-order valence-corrected chi connectivity index (χ4v) is 2.61. The smallest absolute Gasteiger partial charge is 0.257 e. The van der Waals surface area contributed by atoms with Crippen LogP contribution in [-0.2, 0) is 0 Å². The highest BCUT2D eigenvalue weighted by molar-refractivity contribution is 6.14. The van der Waals surface area contributed by atoms with E-state index in [1.54, 1.807) is 31.5 Å². The molecule has 5 heteroatoms. The Morgan fingerprint density at radius 3 is 2.42 bits per heavy atom. The predicted molar refractivity (Wildman–Crippen MR) is 93.9 cm³/mol. The van der Waals surface area contributed by atoms with Crippen LogP contribution < -0.4 is 10.1 Å². The second kappa shape index (κ2) is 6.20. The van der Waals surface area contributed by atoms with Crippen LogP contribution in [0.4, 0.5) is 5.69 Å². The Labute approximate surface area is 139 Å². The summed E-state index contributed by atoms with van der Waals surface area (Å²) in [5, 5.41) is 3.54. The average molecular weight is 322 g/mol. The molecule has 5 nitrogen and oxygen atoms in total. The van der Waals surface area contributed by atoms with Crippen molar-refractivity contribution in [3.8, 4) is 5.75 Å². The second-order valence-electron chi connectivity index (χ2n) is 5.64. The predicted octanol–water partition coefficient (Wildman–Crippen LogP) is 3.87. The number of nitrogens with one attached hydrogen (secondary N) is 1. The number of nitrogens with zero attached hydrogens (tertiary/aromatic N) is 1. The van der Waals surface area contributed by atoms with E-state index >= 15 is 0 Å². The molecule has 1 amide bonds. The van der Waals surface area contributed by atoms with E-state index in [0.717, 1.165) is 5.56 Å². The number of aromatic nitrogens is 1. The van der Waals surface area contributed by atoms with Gasteiger partial charge in [-0.1, -0.05) is 17.7 Å². The van der Waals surface area contributed by atoms with E-state index in [1.165, 1.54) is 11.5 Å². The largest absolute Gasteiger partial charge is 0.497 e. The molecule has 3 rings (SSSR count). The number of anilines is 1. The fourth-order valence-electron chi connectivity index (χ4n) is 2.61. The van der Waals surface area contributed by atoms with Crippen molar-refractivity contribution < 1.29 is 14.3 Å². The molecule has 1 aromatic heterocycles. The molecule has 1 heterocycles. The molecule has 0 aliphatic carbocycles. The molecule has 0 aliphatic heterocycles. The van der Waals surface area contributed by atoms with Crippen molar-refractivity contribution >= 4 is 28.4 Å². The first-order valence-electron chi connectivity index (χ1n) is 7.57. The lowest BCUT2D eigenvalue weighted by atomic mass is 10.1. The Morgan fingerprint density at radius 1 is 1.08 bits per heavy atom. The van der Waals surface area contributed by atoms with Crippen LogP contribution in [0.3, 0.4) is 0 Å². The SMILES string of the molecule is COc1ccc2c(c1)c(C(=O)Nc1ccc(C)cc1)cn2C(C)=O. The molecule has 3 aromatic rings. The second-order valence-corrected chi connectivity index (χ2v) is 5.64. The summed E-state index contributed by atoms with van der Waals surface area (Å²) in [7, 11) is 1.56.